The third-order valence-corrected chi connectivity index (χ3v) is 3.88. The summed E-state index contributed by atoms with van der Waals surface area (Å²) < 4.78 is 11.2. The summed E-state index contributed by atoms with van der Waals surface area (Å²) in [4.78, 5) is 0. The van der Waals surface area contributed by atoms with E-state index >= 15 is 0 Å². The number of methoxy groups -OCH3 is 1. The third kappa shape index (κ3) is 4.22. The van der Waals surface area contributed by atoms with E-state index in [-0.39, 0.29) is 0 Å². The van der Waals surface area contributed by atoms with Gasteiger partial charge in [0.1, 0.15) is 11.9 Å². The van der Waals surface area contributed by atoms with Crippen molar-refractivity contribution in [2.45, 2.75) is 44.2 Å². The molecule has 2 rings (SSSR count). The average Bonchev–Trinajstić information content (AvgIpc) is 2.47. The molecule has 2 unspecified atom stereocenters. The fourth-order valence-electron chi connectivity index (χ4n) is 2.70. The van der Waals surface area contributed by atoms with Crippen molar-refractivity contribution in [1.82, 2.24) is 5.32 Å². The maximum atomic E-state index is 6.12. The molecule has 0 radical (unpaired) electrons. The molecule has 1 aromatic carbocycles. The lowest BCUT2D eigenvalue weighted by Crippen LogP contribution is -2.43. The predicted octanol–water partition coefficient (Wildman–Crippen LogP) is 2.78. The molecule has 1 saturated carbocycles. The fraction of sp³-hybridized carbons (Fsp3) is 0.625. The van der Waals surface area contributed by atoms with E-state index < -0.39 is 0 Å². The van der Waals surface area contributed by atoms with Crippen LogP contribution in [0.3, 0.4) is 0 Å². The summed E-state index contributed by atoms with van der Waals surface area (Å²) in [5.74, 6) is 0.980. The molecular formula is C16H25NO2. The van der Waals surface area contributed by atoms with Gasteiger partial charge in [0.25, 0.3) is 0 Å². The molecular weight excluding hydrogens is 238 g/mol. The van der Waals surface area contributed by atoms with E-state index in [2.05, 4.69) is 29.6 Å². The highest BCUT2D eigenvalue weighted by Gasteiger charge is 2.25. The van der Waals surface area contributed by atoms with Gasteiger partial charge in [-0.2, -0.15) is 0 Å². The van der Waals surface area contributed by atoms with E-state index in [1.54, 1.807) is 7.11 Å². The summed E-state index contributed by atoms with van der Waals surface area (Å²) in [6.07, 6.45) is 6.21. The summed E-state index contributed by atoms with van der Waals surface area (Å²) >= 11 is 0. The molecule has 0 aliphatic heterocycles. The largest absolute Gasteiger partial charge is 0.489 e. The van der Waals surface area contributed by atoms with Crippen LogP contribution in [-0.4, -0.2) is 32.9 Å². The zero-order chi connectivity index (χ0) is 13.5. The normalized spacial score (nSPS) is 23.3. The first-order valence-electron chi connectivity index (χ1n) is 7.25. The Bertz CT molecular complexity index is 364. The molecule has 19 heavy (non-hydrogen) atoms. The van der Waals surface area contributed by atoms with Gasteiger partial charge in [0.2, 0.25) is 0 Å². The van der Waals surface area contributed by atoms with Crippen LogP contribution in [0.25, 0.3) is 0 Å². The lowest BCUT2D eigenvalue weighted by molar-refractivity contribution is 0.118. The van der Waals surface area contributed by atoms with Crippen LogP contribution in [0.2, 0.25) is 0 Å². The molecule has 0 heterocycles. The lowest BCUT2D eigenvalue weighted by atomic mass is 9.92. The Morgan fingerprint density at radius 1 is 1.16 bits per heavy atom. The van der Waals surface area contributed by atoms with E-state index in [0.717, 1.165) is 25.2 Å². The minimum Gasteiger partial charge on any atom is -0.489 e. The number of likely N-dealkylation sites (N-methyl/N-ethyl adjacent to an activating group) is 1. The smallest absolute Gasteiger partial charge is 0.119 e. The van der Waals surface area contributed by atoms with Crippen molar-refractivity contribution in [3.63, 3.8) is 0 Å². The Morgan fingerprint density at radius 3 is 2.58 bits per heavy atom. The molecule has 2 atom stereocenters. The Kier molecular flexibility index (Phi) is 5.67. The molecule has 1 aliphatic carbocycles. The van der Waals surface area contributed by atoms with Crippen molar-refractivity contribution in [1.29, 1.82) is 0 Å². The van der Waals surface area contributed by atoms with Crippen molar-refractivity contribution in [2.24, 2.45) is 0 Å². The summed E-state index contributed by atoms with van der Waals surface area (Å²) in [7, 11) is 3.76. The van der Waals surface area contributed by atoms with Crippen LogP contribution in [0.4, 0.5) is 0 Å². The van der Waals surface area contributed by atoms with E-state index in [9.17, 15) is 0 Å². The van der Waals surface area contributed by atoms with Crippen LogP contribution in [-0.2, 0) is 11.2 Å². The topological polar surface area (TPSA) is 30.5 Å². The minimum atomic E-state index is 0.309. The number of nitrogens with one attached hydrogen (secondary N) is 1. The van der Waals surface area contributed by atoms with Gasteiger partial charge in [-0.25, -0.2) is 0 Å². The molecule has 3 heteroatoms. The molecule has 0 spiro atoms. The monoisotopic (exact) mass is 263 g/mol. The fourth-order valence-corrected chi connectivity index (χ4v) is 2.70. The number of benzene rings is 1. The first-order valence-corrected chi connectivity index (χ1v) is 7.25. The average molecular weight is 263 g/mol. The zero-order valence-corrected chi connectivity index (χ0v) is 12.0. The molecule has 1 N–H and O–H groups in total. The number of hydrogen-bond acceptors (Lipinski definition) is 3. The van der Waals surface area contributed by atoms with Crippen LogP contribution in [0.1, 0.15) is 31.2 Å². The summed E-state index contributed by atoms with van der Waals surface area (Å²) in [6, 6.07) is 8.90. The predicted molar refractivity (Wildman–Crippen MR) is 77.8 cm³/mol. The minimum absolute atomic E-state index is 0.309. The Balaban J connectivity index is 1.90. The number of rotatable bonds is 6. The maximum Gasteiger partial charge on any atom is 0.119 e. The molecule has 1 aliphatic rings. The summed E-state index contributed by atoms with van der Waals surface area (Å²) in [5.41, 5.74) is 1.29. The van der Waals surface area contributed by atoms with Gasteiger partial charge in [0.15, 0.2) is 0 Å². The Morgan fingerprint density at radius 2 is 1.89 bits per heavy atom. The molecule has 1 fully saturated rings. The quantitative estimate of drug-likeness (QED) is 0.856. The van der Waals surface area contributed by atoms with E-state index in [4.69, 9.17) is 9.47 Å². The van der Waals surface area contributed by atoms with Gasteiger partial charge in [-0.05, 0) is 50.4 Å². The Labute approximate surface area is 116 Å². The molecule has 0 amide bonds. The second-order valence-electron chi connectivity index (χ2n) is 5.22. The van der Waals surface area contributed by atoms with Crippen LogP contribution in [0.5, 0.6) is 5.75 Å². The molecule has 106 valence electrons. The molecule has 3 nitrogen and oxygen atoms in total. The van der Waals surface area contributed by atoms with Gasteiger partial charge >= 0.3 is 0 Å². The van der Waals surface area contributed by atoms with Gasteiger partial charge in [-0.3, -0.25) is 0 Å². The zero-order valence-electron chi connectivity index (χ0n) is 12.0. The summed E-state index contributed by atoms with van der Waals surface area (Å²) in [6.45, 7) is 0.769. The van der Waals surface area contributed by atoms with Gasteiger partial charge in [-0.1, -0.05) is 18.6 Å². The first-order chi connectivity index (χ1) is 9.33. The lowest BCUT2D eigenvalue weighted by Gasteiger charge is -2.31. The molecule has 0 saturated heterocycles. The highest BCUT2D eigenvalue weighted by Crippen LogP contribution is 2.24. The highest BCUT2D eigenvalue weighted by atomic mass is 16.5. The standard InChI is InChI=1S/C16H25NO2/c1-17-15-5-3-4-6-16(15)19-14-9-7-13(8-10-14)11-12-18-2/h7-10,15-17H,3-6,11-12H2,1-2H3. The van der Waals surface area contributed by atoms with Crippen LogP contribution >= 0.6 is 0 Å². The third-order valence-electron chi connectivity index (χ3n) is 3.88. The van der Waals surface area contributed by atoms with Crippen molar-refractivity contribution >= 4 is 0 Å². The van der Waals surface area contributed by atoms with Crippen LogP contribution in [0, 0.1) is 0 Å². The number of ether oxygens (including phenoxy) is 2. The van der Waals surface area contributed by atoms with Crippen LogP contribution in [0.15, 0.2) is 24.3 Å². The SMILES string of the molecule is CNC1CCCCC1Oc1ccc(CCOC)cc1. The van der Waals surface area contributed by atoms with Crippen molar-refractivity contribution in [2.75, 3.05) is 20.8 Å². The highest BCUT2D eigenvalue weighted by molar-refractivity contribution is 5.27. The van der Waals surface area contributed by atoms with Gasteiger partial charge in [-0.15, -0.1) is 0 Å². The maximum absolute atomic E-state index is 6.12. The Hall–Kier alpha value is -1.06. The van der Waals surface area contributed by atoms with Gasteiger partial charge in [0, 0.05) is 13.2 Å². The van der Waals surface area contributed by atoms with Crippen molar-refractivity contribution < 1.29 is 9.47 Å². The number of hydrogen-bond donors (Lipinski definition) is 1. The van der Waals surface area contributed by atoms with Crippen LogP contribution < -0.4 is 10.1 Å². The molecule has 0 aromatic heterocycles. The first kappa shape index (κ1) is 14.4. The van der Waals surface area contributed by atoms with Crippen molar-refractivity contribution in [3.8, 4) is 5.75 Å². The molecule has 0 bridgehead atoms. The van der Waals surface area contributed by atoms with E-state index in [0.29, 0.717) is 12.1 Å². The van der Waals surface area contributed by atoms with E-state index in [1.807, 2.05) is 7.05 Å². The van der Waals surface area contributed by atoms with E-state index in [1.165, 1.54) is 24.8 Å². The second kappa shape index (κ2) is 7.51. The second-order valence-corrected chi connectivity index (χ2v) is 5.22. The summed E-state index contributed by atoms with van der Waals surface area (Å²) in [5, 5.41) is 3.37. The molecule has 1 aromatic rings. The van der Waals surface area contributed by atoms with Gasteiger partial charge < -0.3 is 14.8 Å². The van der Waals surface area contributed by atoms with Gasteiger partial charge in [0.05, 0.1) is 6.61 Å². The van der Waals surface area contributed by atoms with Crippen molar-refractivity contribution in [3.05, 3.63) is 29.8 Å².